The van der Waals surface area contributed by atoms with Gasteiger partial charge in [0.05, 0.1) is 11.1 Å². The van der Waals surface area contributed by atoms with Crippen LogP contribution in [-0.2, 0) is 17.4 Å². The van der Waals surface area contributed by atoms with Gasteiger partial charge >= 0.3 is 0 Å². The van der Waals surface area contributed by atoms with Crippen molar-refractivity contribution < 1.29 is 17.4 Å². The maximum absolute atomic E-state index is 5.17. The van der Waals surface area contributed by atoms with Crippen LogP contribution < -0.4 is 0 Å². The Hall–Kier alpha value is -5.95. The van der Waals surface area contributed by atoms with E-state index in [9.17, 15) is 0 Å². The number of rotatable bonds is 1. The SMILES string of the molecule is [Cr].c1ccc2c(c1)-c1nc-2nc2[nH]c(nc3nc(nc4[nH]c(n1)c1ccccc41)-c1ccccc1-3)c1c(-n3cccc3)cccc21. The number of fused-ring (bicyclic) bond motifs is 20. The molecule has 2 aliphatic heterocycles. The quantitative estimate of drug-likeness (QED) is 0.192. The Balaban J connectivity index is 0.00000292. The average molecular weight is 632 g/mol. The maximum Gasteiger partial charge on any atom is 0.164 e. The van der Waals surface area contributed by atoms with Crippen LogP contribution in [0.3, 0.4) is 0 Å². The maximum atomic E-state index is 5.17. The van der Waals surface area contributed by atoms with Crippen LogP contribution in [0.5, 0.6) is 0 Å². The molecule has 0 radical (unpaired) electrons. The normalized spacial score (nSPS) is 11.7. The number of nitrogens with one attached hydrogen (secondary N) is 2. The van der Waals surface area contributed by atoms with Gasteiger partial charge in [-0.25, -0.2) is 29.9 Å². The third-order valence-corrected chi connectivity index (χ3v) is 8.44. The van der Waals surface area contributed by atoms with Crippen molar-refractivity contribution in [2.45, 2.75) is 0 Å². The molecule has 2 N–H and O–H groups in total. The molecule has 10 heteroatoms. The van der Waals surface area contributed by atoms with E-state index in [2.05, 4.69) is 26.7 Å². The summed E-state index contributed by atoms with van der Waals surface area (Å²) in [6.07, 6.45) is 4.06. The fourth-order valence-corrected chi connectivity index (χ4v) is 6.38. The molecule has 10 rings (SSSR count). The summed E-state index contributed by atoms with van der Waals surface area (Å²) in [5, 5.41) is 3.75. The Labute approximate surface area is 271 Å². The molecule has 0 atom stereocenters. The minimum atomic E-state index is 0. The van der Waals surface area contributed by atoms with Gasteiger partial charge in [0, 0.05) is 68.2 Å². The van der Waals surface area contributed by atoms with Crippen molar-refractivity contribution in [3.8, 4) is 51.2 Å². The molecule has 8 aromatic rings. The van der Waals surface area contributed by atoms with Crippen molar-refractivity contribution in [1.29, 1.82) is 0 Å². The zero-order valence-electron chi connectivity index (χ0n) is 24.0. The van der Waals surface area contributed by atoms with Crippen molar-refractivity contribution in [2.24, 2.45) is 0 Å². The monoisotopic (exact) mass is 631 g/mol. The minimum Gasteiger partial charge on any atom is -0.324 e. The zero-order valence-corrected chi connectivity index (χ0v) is 25.3. The predicted octanol–water partition coefficient (Wildman–Crippen LogP) is 7.66. The second-order valence-electron chi connectivity index (χ2n) is 11.0. The molecule has 0 unspecified atom stereocenters. The molecule has 0 amide bonds. The van der Waals surface area contributed by atoms with Gasteiger partial charge in [-0.2, -0.15) is 0 Å². The first-order valence-electron chi connectivity index (χ1n) is 14.6. The van der Waals surface area contributed by atoms with Gasteiger partial charge in [-0.15, -0.1) is 0 Å². The van der Waals surface area contributed by atoms with Crippen LogP contribution in [0, 0.1) is 0 Å². The smallest absolute Gasteiger partial charge is 0.164 e. The van der Waals surface area contributed by atoms with E-state index in [1.165, 1.54) is 0 Å². The molecule has 0 spiro atoms. The molecule has 4 aromatic heterocycles. The van der Waals surface area contributed by atoms with Gasteiger partial charge in [-0.05, 0) is 18.2 Å². The van der Waals surface area contributed by atoms with Crippen molar-refractivity contribution in [1.82, 2.24) is 44.4 Å². The third-order valence-electron chi connectivity index (χ3n) is 8.44. The van der Waals surface area contributed by atoms with E-state index in [4.69, 9.17) is 29.9 Å². The summed E-state index contributed by atoms with van der Waals surface area (Å²) in [4.78, 5) is 37.4. The first-order valence-corrected chi connectivity index (χ1v) is 14.6. The van der Waals surface area contributed by atoms with Crippen LogP contribution >= 0.6 is 0 Å². The number of nitrogens with zero attached hydrogens (tertiary/aromatic N) is 7. The van der Waals surface area contributed by atoms with Gasteiger partial charge in [-0.1, -0.05) is 84.9 Å². The van der Waals surface area contributed by atoms with Crippen LogP contribution in [0.25, 0.3) is 95.4 Å². The standard InChI is InChI=1S/C36H21N9.Cr/c1-2-11-21-20(10-1)29-37-30(21)39-32-24-14-5-6-15-25(24)34(41-32)43-36-28-26(16-9-17-27(28)45-18-7-8-19-45)35(44-36)42-33-23-13-4-3-12-22(23)31(38-29)40-33;/h1-19H,(H2,37,38,39,40,41,42,43,44);. The number of H-pyrrole nitrogens is 2. The van der Waals surface area contributed by atoms with Gasteiger partial charge in [-0.3, -0.25) is 0 Å². The molecular formula is C36H21CrN9. The number of benzene rings is 4. The molecule has 4 aromatic carbocycles. The Morgan fingerprint density at radius 2 is 0.804 bits per heavy atom. The van der Waals surface area contributed by atoms with Gasteiger partial charge in [0.2, 0.25) is 0 Å². The van der Waals surface area contributed by atoms with Crippen LogP contribution in [0.15, 0.2) is 116 Å². The van der Waals surface area contributed by atoms with Gasteiger partial charge in [0.1, 0.15) is 22.6 Å². The topological polar surface area (TPSA) is 114 Å². The van der Waals surface area contributed by atoms with Gasteiger partial charge in [0.25, 0.3) is 0 Å². The van der Waals surface area contributed by atoms with E-state index in [1.807, 2.05) is 103 Å². The molecule has 0 fully saturated rings. The van der Waals surface area contributed by atoms with Crippen molar-refractivity contribution >= 4 is 44.1 Å². The number of hydrogen-bond acceptors (Lipinski definition) is 6. The van der Waals surface area contributed by atoms with Crippen molar-refractivity contribution in [3.63, 3.8) is 0 Å². The average Bonchev–Trinajstić information content (AvgIpc) is 3.91. The van der Waals surface area contributed by atoms with Crippen molar-refractivity contribution in [2.75, 3.05) is 0 Å². The van der Waals surface area contributed by atoms with Crippen LogP contribution in [0.2, 0.25) is 0 Å². The molecule has 216 valence electrons. The molecule has 0 saturated carbocycles. The molecule has 9 nitrogen and oxygen atoms in total. The van der Waals surface area contributed by atoms with Gasteiger partial charge < -0.3 is 14.5 Å². The molecule has 0 saturated heterocycles. The first kappa shape index (κ1) is 26.5. The van der Waals surface area contributed by atoms with Crippen LogP contribution in [0.1, 0.15) is 0 Å². The summed E-state index contributed by atoms with van der Waals surface area (Å²) in [5.41, 5.74) is 7.30. The van der Waals surface area contributed by atoms with E-state index in [0.717, 1.165) is 49.5 Å². The number of aromatic amines is 2. The van der Waals surface area contributed by atoms with Crippen LogP contribution in [-0.4, -0.2) is 44.4 Å². The summed E-state index contributed by atoms with van der Waals surface area (Å²) >= 11 is 0. The molecule has 2 aliphatic rings. The Kier molecular flexibility index (Phi) is 5.77. The minimum absolute atomic E-state index is 0. The molecule has 0 aliphatic carbocycles. The predicted molar refractivity (Wildman–Crippen MR) is 175 cm³/mol. The zero-order chi connectivity index (χ0) is 29.5. The Bertz CT molecular complexity index is 2670. The molecule has 8 bridgehead atoms. The second-order valence-corrected chi connectivity index (χ2v) is 11.0. The van der Waals surface area contributed by atoms with Crippen LogP contribution in [0.4, 0.5) is 0 Å². The van der Waals surface area contributed by atoms with Gasteiger partial charge in [0.15, 0.2) is 23.3 Å². The van der Waals surface area contributed by atoms with Crippen molar-refractivity contribution in [3.05, 3.63) is 116 Å². The fraction of sp³-hybridized carbons (Fsp3) is 0. The fourth-order valence-electron chi connectivity index (χ4n) is 6.38. The summed E-state index contributed by atoms with van der Waals surface area (Å²) < 4.78 is 2.08. The van der Waals surface area contributed by atoms with E-state index in [1.54, 1.807) is 0 Å². The van der Waals surface area contributed by atoms with E-state index in [0.29, 0.717) is 45.9 Å². The number of aromatic nitrogens is 9. The summed E-state index contributed by atoms with van der Waals surface area (Å²) in [6, 6.07) is 34.4. The summed E-state index contributed by atoms with van der Waals surface area (Å²) in [6.45, 7) is 0. The second kappa shape index (κ2) is 10.0. The molecule has 46 heavy (non-hydrogen) atoms. The van der Waals surface area contributed by atoms with E-state index in [-0.39, 0.29) is 17.4 Å². The third kappa shape index (κ3) is 3.88. The molecular weight excluding hydrogens is 610 g/mol. The van der Waals surface area contributed by atoms with E-state index < -0.39 is 0 Å². The summed E-state index contributed by atoms with van der Waals surface area (Å²) in [7, 11) is 0. The van der Waals surface area contributed by atoms with E-state index >= 15 is 0 Å². The summed E-state index contributed by atoms with van der Waals surface area (Å²) in [5.74, 6) is 2.33. The Morgan fingerprint density at radius 1 is 0.391 bits per heavy atom. The largest absolute Gasteiger partial charge is 0.324 e. The first-order chi connectivity index (χ1) is 22.3. The molecule has 6 heterocycles. The number of hydrogen-bond donors (Lipinski definition) is 2. The Morgan fingerprint density at radius 3 is 1.33 bits per heavy atom.